The van der Waals surface area contributed by atoms with Gasteiger partial charge in [-0.05, 0) is 30.0 Å². The summed E-state index contributed by atoms with van der Waals surface area (Å²) in [4.78, 5) is 4.22. The average Bonchev–Trinajstić information content (AvgIpc) is 2.94. The van der Waals surface area contributed by atoms with E-state index in [9.17, 15) is 0 Å². The van der Waals surface area contributed by atoms with E-state index in [-0.39, 0.29) is 6.04 Å². The van der Waals surface area contributed by atoms with Crippen LogP contribution in [0.1, 0.15) is 29.4 Å². The summed E-state index contributed by atoms with van der Waals surface area (Å²) in [7, 11) is 1.87. The molecule has 19 heavy (non-hydrogen) atoms. The van der Waals surface area contributed by atoms with E-state index in [1.165, 1.54) is 11.1 Å². The molecule has 0 amide bonds. The third-order valence-electron chi connectivity index (χ3n) is 3.66. The van der Waals surface area contributed by atoms with Crippen LogP contribution in [-0.2, 0) is 20.1 Å². The molecule has 0 saturated heterocycles. The Bertz CT molecular complexity index is 609. The number of benzene rings is 1. The molecule has 4 nitrogen and oxygen atoms in total. The van der Waals surface area contributed by atoms with Crippen molar-refractivity contribution in [2.45, 2.75) is 25.5 Å². The van der Waals surface area contributed by atoms with Gasteiger partial charge in [0.25, 0.3) is 0 Å². The van der Waals surface area contributed by atoms with Crippen molar-refractivity contribution in [1.82, 2.24) is 9.55 Å². The van der Waals surface area contributed by atoms with Crippen molar-refractivity contribution in [3.63, 3.8) is 0 Å². The third kappa shape index (κ3) is 2.22. The summed E-state index contributed by atoms with van der Waals surface area (Å²) in [6.45, 7) is 0.412. The van der Waals surface area contributed by atoms with Crippen molar-refractivity contribution in [1.29, 1.82) is 0 Å². The first kappa shape index (κ1) is 12.5. The number of nitrogens with two attached hydrogens (primary N) is 1. The van der Waals surface area contributed by atoms with Crippen molar-refractivity contribution in [3.05, 3.63) is 46.5 Å². The van der Waals surface area contributed by atoms with Gasteiger partial charge in [-0.3, -0.25) is 0 Å². The van der Waals surface area contributed by atoms with Gasteiger partial charge in [0.05, 0.1) is 6.20 Å². The average molecular weight is 278 g/mol. The molecule has 1 aliphatic carbocycles. The third-order valence-corrected chi connectivity index (χ3v) is 4.01. The fourth-order valence-electron chi connectivity index (χ4n) is 2.49. The van der Waals surface area contributed by atoms with E-state index in [1.54, 1.807) is 6.20 Å². The number of hydrogen-bond donors (Lipinski definition) is 1. The summed E-state index contributed by atoms with van der Waals surface area (Å²) in [6, 6.07) is 6.20. The molecule has 0 saturated carbocycles. The molecule has 0 fully saturated rings. The summed E-state index contributed by atoms with van der Waals surface area (Å²) in [5, 5.41) is 0.610. The van der Waals surface area contributed by atoms with Crippen molar-refractivity contribution in [2.75, 3.05) is 0 Å². The summed E-state index contributed by atoms with van der Waals surface area (Å²) >= 11 is 5.95. The Labute approximate surface area is 117 Å². The zero-order valence-corrected chi connectivity index (χ0v) is 11.5. The van der Waals surface area contributed by atoms with E-state index < -0.39 is 0 Å². The topological polar surface area (TPSA) is 53.1 Å². The van der Waals surface area contributed by atoms with Gasteiger partial charge in [-0.15, -0.1) is 0 Å². The highest BCUT2D eigenvalue weighted by Crippen LogP contribution is 2.35. The van der Waals surface area contributed by atoms with Crippen LogP contribution in [0.2, 0.25) is 5.15 Å². The Hall–Kier alpha value is -1.52. The lowest BCUT2D eigenvalue weighted by atomic mass is 10.1. The van der Waals surface area contributed by atoms with Crippen molar-refractivity contribution in [3.8, 4) is 5.75 Å². The van der Waals surface area contributed by atoms with Crippen LogP contribution in [-0.4, -0.2) is 9.55 Å². The van der Waals surface area contributed by atoms with Crippen LogP contribution in [0, 0.1) is 0 Å². The molecule has 1 atom stereocenters. The molecule has 1 aliphatic rings. The first-order valence-corrected chi connectivity index (χ1v) is 6.71. The predicted octanol–water partition coefficient (Wildman–Crippen LogP) is 2.60. The lowest BCUT2D eigenvalue weighted by molar-refractivity contribution is 0.289. The van der Waals surface area contributed by atoms with Gasteiger partial charge in [0, 0.05) is 13.1 Å². The van der Waals surface area contributed by atoms with Crippen LogP contribution < -0.4 is 10.5 Å². The zero-order valence-electron chi connectivity index (χ0n) is 10.8. The molecule has 1 aromatic carbocycles. The fraction of sp³-hybridized carbons (Fsp3) is 0.357. The van der Waals surface area contributed by atoms with Crippen LogP contribution >= 0.6 is 11.6 Å². The van der Waals surface area contributed by atoms with E-state index in [4.69, 9.17) is 22.1 Å². The molecular formula is C14H16ClN3O. The van der Waals surface area contributed by atoms with Crippen LogP contribution in [0.3, 0.4) is 0 Å². The quantitative estimate of drug-likeness (QED) is 0.938. The number of fused-ring (bicyclic) bond motifs is 1. The summed E-state index contributed by atoms with van der Waals surface area (Å²) in [5.74, 6) is 1.72. The molecule has 2 N–H and O–H groups in total. The van der Waals surface area contributed by atoms with Gasteiger partial charge in [0.2, 0.25) is 0 Å². The Morgan fingerprint density at radius 3 is 3.11 bits per heavy atom. The van der Waals surface area contributed by atoms with Gasteiger partial charge in [-0.1, -0.05) is 23.7 Å². The second kappa shape index (κ2) is 4.87. The molecule has 1 unspecified atom stereocenters. The van der Waals surface area contributed by atoms with Gasteiger partial charge in [-0.25, -0.2) is 4.98 Å². The SMILES string of the molecule is Cn1c(Cl)cnc1COc1cccc2c1CCC2N. The van der Waals surface area contributed by atoms with E-state index in [0.29, 0.717) is 11.8 Å². The number of hydrogen-bond acceptors (Lipinski definition) is 3. The van der Waals surface area contributed by atoms with Crippen LogP contribution in [0.15, 0.2) is 24.4 Å². The van der Waals surface area contributed by atoms with E-state index in [2.05, 4.69) is 11.1 Å². The predicted molar refractivity (Wildman–Crippen MR) is 74.2 cm³/mol. The molecule has 100 valence electrons. The Morgan fingerprint density at radius 2 is 2.37 bits per heavy atom. The maximum absolute atomic E-state index is 6.06. The highest BCUT2D eigenvalue weighted by molar-refractivity contribution is 6.29. The maximum Gasteiger partial charge on any atom is 0.147 e. The summed E-state index contributed by atoms with van der Waals surface area (Å²) < 4.78 is 7.70. The standard InChI is InChI=1S/C14H16ClN3O/c1-18-13(15)7-17-14(18)8-19-12-4-2-3-9-10(12)5-6-11(9)16/h2-4,7,11H,5-6,8,16H2,1H3. The monoisotopic (exact) mass is 277 g/mol. The molecule has 0 aliphatic heterocycles. The minimum absolute atomic E-state index is 0.140. The lowest BCUT2D eigenvalue weighted by Crippen LogP contribution is -2.06. The number of imidazole rings is 1. The lowest BCUT2D eigenvalue weighted by Gasteiger charge is -2.11. The molecular weight excluding hydrogens is 262 g/mol. The smallest absolute Gasteiger partial charge is 0.147 e. The minimum atomic E-state index is 0.140. The molecule has 0 radical (unpaired) electrons. The van der Waals surface area contributed by atoms with Crippen molar-refractivity contribution in [2.24, 2.45) is 12.8 Å². The number of ether oxygens (including phenoxy) is 1. The van der Waals surface area contributed by atoms with E-state index in [1.807, 2.05) is 23.7 Å². The molecule has 3 rings (SSSR count). The molecule has 2 aromatic rings. The minimum Gasteiger partial charge on any atom is -0.485 e. The van der Waals surface area contributed by atoms with E-state index >= 15 is 0 Å². The van der Waals surface area contributed by atoms with Gasteiger partial charge in [0.1, 0.15) is 23.3 Å². The number of aromatic nitrogens is 2. The Kier molecular flexibility index (Phi) is 3.21. The van der Waals surface area contributed by atoms with Crippen molar-refractivity contribution >= 4 is 11.6 Å². The molecule has 5 heteroatoms. The normalized spacial score (nSPS) is 17.5. The summed E-state index contributed by atoms with van der Waals surface area (Å²) in [5.41, 5.74) is 8.50. The second-order valence-corrected chi connectivity index (χ2v) is 5.20. The van der Waals surface area contributed by atoms with Gasteiger partial charge < -0.3 is 15.0 Å². The molecule has 0 spiro atoms. The number of rotatable bonds is 3. The second-order valence-electron chi connectivity index (χ2n) is 4.81. The van der Waals surface area contributed by atoms with Crippen LogP contribution in [0.5, 0.6) is 5.75 Å². The molecule has 0 bridgehead atoms. The highest BCUT2D eigenvalue weighted by Gasteiger charge is 2.22. The van der Waals surface area contributed by atoms with Crippen LogP contribution in [0.25, 0.3) is 0 Å². The maximum atomic E-state index is 6.06. The summed E-state index contributed by atoms with van der Waals surface area (Å²) in [6.07, 6.45) is 3.60. The van der Waals surface area contributed by atoms with Crippen LogP contribution in [0.4, 0.5) is 0 Å². The number of halogens is 1. The first-order valence-electron chi connectivity index (χ1n) is 6.33. The number of nitrogens with zero attached hydrogens (tertiary/aromatic N) is 2. The largest absolute Gasteiger partial charge is 0.485 e. The molecule has 1 aromatic heterocycles. The van der Waals surface area contributed by atoms with Gasteiger partial charge in [0.15, 0.2) is 0 Å². The van der Waals surface area contributed by atoms with Crippen molar-refractivity contribution < 1.29 is 4.74 Å². The fourth-order valence-corrected chi connectivity index (χ4v) is 2.64. The van der Waals surface area contributed by atoms with Gasteiger partial charge >= 0.3 is 0 Å². The zero-order chi connectivity index (χ0) is 13.4. The highest BCUT2D eigenvalue weighted by atomic mass is 35.5. The Morgan fingerprint density at radius 1 is 1.53 bits per heavy atom. The Balaban J connectivity index is 1.80. The molecule has 1 heterocycles. The first-order chi connectivity index (χ1) is 9.16. The van der Waals surface area contributed by atoms with Gasteiger partial charge in [-0.2, -0.15) is 0 Å². The van der Waals surface area contributed by atoms with E-state index in [0.717, 1.165) is 24.4 Å².